The van der Waals surface area contributed by atoms with E-state index in [9.17, 15) is 4.79 Å². The standard InChI is InChI=1S/C18H19ClN4OS2/c1-11-14(19)7-4-8-15(11)20-17(24)12(2)26-18-22-21-16(23(18)3)10-13-6-5-9-25-13/h4-9,12H,10H2,1-3H3,(H,20,24)/t12-/m1/s1. The van der Waals surface area contributed by atoms with Crippen molar-refractivity contribution < 1.29 is 4.79 Å². The molecule has 0 aliphatic rings. The number of nitrogens with one attached hydrogen (secondary N) is 1. The molecule has 0 aliphatic heterocycles. The minimum absolute atomic E-state index is 0.0943. The molecule has 0 unspecified atom stereocenters. The summed E-state index contributed by atoms with van der Waals surface area (Å²) >= 11 is 9.20. The Balaban J connectivity index is 1.66. The molecule has 0 bridgehead atoms. The number of halogens is 1. The molecule has 3 aromatic rings. The van der Waals surface area contributed by atoms with E-state index < -0.39 is 0 Å². The fourth-order valence-corrected chi connectivity index (χ4v) is 4.07. The van der Waals surface area contributed by atoms with Crippen molar-refractivity contribution in [1.29, 1.82) is 0 Å². The Morgan fingerprint density at radius 2 is 2.15 bits per heavy atom. The summed E-state index contributed by atoms with van der Waals surface area (Å²) in [6, 6.07) is 9.57. The van der Waals surface area contributed by atoms with Crippen LogP contribution in [-0.2, 0) is 18.3 Å². The third kappa shape index (κ3) is 4.28. The molecule has 1 amide bonds. The lowest BCUT2D eigenvalue weighted by Crippen LogP contribution is -2.23. The monoisotopic (exact) mass is 406 g/mol. The van der Waals surface area contributed by atoms with Crippen LogP contribution in [0.25, 0.3) is 0 Å². The van der Waals surface area contributed by atoms with E-state index in [4.69, 9.17) is 11.6 Å². The number of anilines is 1. The number of hydrogen-bond acceptors (Lipinski definition) is 5. The van der Waals surface area contributed by atoms with E-state index in [0.29, 0.717) is 5.02 Å². The van der Waals surface area contributed by atoms with Crippen LogP contribution in [0, 0.1) is 6.92 Å². The van der Waals surface area contributed by atoms with Crippen molar-refractivity contribution in [1.82, 2.24) is 14.8 Å². The van der Waals surface area contributed by atoms with Gasteiger partial charge in [0.25, 0.3) is 0 Å². The van der Waals surface area contributed by atoms with Gasteiger partial charge in [-0.25, -0.2) is 0 Å². The lowest BCUT2D eigenvalue weighted by Gasteiger charge is -2.13. The molecule has 1 aromatic carbocycles. The third-order valence-electron chi connectivity index (χ3n) is 4.01. The van der Waals surface area contributed by atoms with E-state index in [1.807, 2.05) is 49.0 Å². The van der Waals surface area contributed by atoms with Gasteiger partial charge in [0.1, 0.15) is 5.82 Å². The van der Waals surface area contributed by atoms with Crippen molar-refractivity contribution >= 4 is 46.3 Å². The number of thioether (sulfide) groups is 1. The molecule has 5 nitrogen and oxygen atoms in total. The number of carbonyl (C=O) groups excluding carboxylic acids is 1. The lowest BCUT2D eigenvalue weighted by molar-refractivity contribution is -0.115. The highest BCUT2D eigenvalue weighted by molar-refractivity contribution is 8.00. The van der Waals surface area contributed by atoms with Crippen LogP contribution in [0.1, 0.15) is 23.2 Å². The molecule has 0 saturated heterocycles. The summed E-state index contributed by atoms with van der Waals surface area (Å²) in [4.78, 5) is 13.8. The highest BCUT2D eigenvalue weighted by atomic mass is 35.5. The molecule has 1 atom stereocenters. The second kappa shape index (κ2) is 8.24. The quantitative estimate of drug-likeness (QED) is 0.610. The molecule has 26 heavy (non-hydrogen) atoms. The molecule has 2 aromatic heterocycles. The normalized spacial score (nSPS) is 12.2. The molecule has 0 radical (unpaired) electrons. The van der Waals surface area contributed by atoms with Gasteiger partial charge in [0.2, 0.25) is 5.91 Å². The highest BCUT2D eigenvalue weighted by Gasteiger charge is 2.20. The number of benzene rings is 1. The summed E-state index contributed by atoms with van der Waals surface area (Å²) in [7, 11) is 1.93. The van der Waals surface area contributed by atoms with Crippen LogP contribution >= 0.6 is 34.7 Å². The maximum Gasteiger partial charge on any atom is 0.237 e. The number of hydrogen-bond donors (Lipinski definition) is 1. The lowest BCUT2D eigenvalue weighted by atomic mass is 10.2. The maximum atomic E-state index is 12.5. The minimum atomic E-state index is -0.314. The van der Waals surface area contributed by atoms with Crippen molar-refractivity contribution in [3.05, 3.63) is 57.0 Å². The fourth-order valence-electron chi connectivity index (χ4n) is 2.36. The summed E-state index contributed by atoms with van der Waals surface area (Å²) < 4.78 is 1.94. The third-order valence-corrected chi connectivity index (χ3v) is 6.43. The van der Waals surface area contributed by atoms with Crippen molar-refractivity contribution in [2.24, 2.45) is 7.05 Å². The van der Waals surface area contributed by atoms with Gasteiger partial charge in [0.05, 0.1) is 5.25 Å². The van der Waals surface area contributed by atoms with Gasteiger partial charge in [0, 0.05) is 29.1 Å². The number of thiophene rings is 1. The Labute approximate surface area is 165 Å². The Morgan fingerprint density at radius 1 is 1.35 bits per heavy atom. The van der Waals surface area contributed by atoms with Crippen molar-refractivity contribution in [3.63, 3.8) is 0 Å². The van der Waals surface area contributed by atoms with E-state index in [1.54, 1.807) is 17.4 Å². The zero-order valence-electron chi connectivity index (χ0n) is 14.7. The first kappa shape index (κ1) is 18.9. The molecule has 136 valence electrons. The first-order chi connectivity index (χ1) is 12.5. The molecule has 0 aliphatic carbocycles. The van der Waals surface area contributed by atoms with E-state index in [0.717, 1.165) is 28.7 Å². The van der Waals surface area contributed by atoms with Crippen LogP contribution in [0.2, 0.25) is 5.02 Å². The number of aromatic nitrogens is 3. The second-order valence-corrected chi connectivity index (χ2v) is 8.62. The largest absolute Gasteiger partial charge is 0.325 e. The zero-order valence-corrected chi connectivity index (χ0v) is 17.1. The average molecular weight is 407 g/mol. The second-order valence-electron chi connectivity index (χ2n) is 5.88. The van der Waals surface area contributed by atoms with Crippen LogP contribution < -0.4 is 5.32 Å². The molecule has 0 saturated carbocycles. The maximum absolute atomic E-state index is 12.5. The summed E-state index contributed by atoms with van der Waals surface area (Å²) in [6.45, 7) is 3.74. The first-order valence-electron chi connectivity index (χ1n) is 8.09. The summed E-state index contributed by atoms with van der Waals surface area (Å²) in [5.41, 5.74) is 1.59. The Morgan fingerprint density at radius 3 is 2.88 bits per heavy atom. The van der Waals surface area contributed by atoms with E-state index in [2.05, 4.69) is 21.6 Å². The molecule has 1 N–H and O–H groups in total. The van der Waals surface area contributed by atoms with Crippen LogP contribution in [-0.4, -0.2) is 25.9 Å². The Kier molecular flexibility index (Phi) is 6.01. The number of nitrogens with zero attached hydrogens (tertiary/aromatic N) is 3. The molecular weight excluding hydrogens is 388 g/mol. The van der Waals surface area contributed by atoms with Gasteiger partial charge in [-0.3, -0.25) is 4.79 Å². The summed E-state index contributed by atoms with van der Waals surface area (Å²) in [5.74, 6) is 0.788. The Bertz CT molecular complexity index is 908. The van der Waals surface area contributed by atoms with Gasteiger partial charge in [0.15, 0.2) is 5.16 Å². The van der Waals surface area contributed by atoms with Gasteiger partial charge in [-0.1, -0.05) is 35.5 Å². The molecule has 0 fully saturated rings. The summed E-state index contributed by atoms with van der Waals surface area (Å²) in [5, 5.41) is 14.5. The van der Waals surface area contributed by atoms with Gasteiger partial charge in [-0.2, -0.15) is 0 Å². The predicted molar refractivity (Wildman–Crippen MR) is 108 cm³/mol. The number of amides is 1. The van der Waals surface area contributed by atoms with Crippen molar-refractivity contribution in [3.8, 4) is 0 Å². The molecule has 3 rings (SSSR count). The predicted octanol–water partition coefficient (Wildman–Crippen LogP) is 4.55. The Hall–Kier alpha value is -1.83. The van der Waals surface area contributed by atoms with Crippen LogP contribution in [0.3, 0.4) is 0 Å². The van der Waals surface area contributed by atoms with E-state index in [1.165, 1.54) is 16.6 Å². The first-order valence-corrected chi connectivity index (χ1v) is 10.2. The van der Waals surface area contributed by atoms with Crippen LogP contribution in [0.5, 0.6) is 0 Å². The highest BCUT2D eigenvalue weighted by Crippen LogP contribution is 2.26. The average Bonchev–Trinajstić information content (AvgIpc) is 3.24. The zero-order chi connectivity index (χ0) is 18.7. The minimum Gasteiger partial charge on any atom is -0.325 e. The van der Waals surface area contributed by atoms with Gasteiger partial charge < -0.3 is 9.88 Å². The fraction of sp³-hybridized carbons (Fsp3) is 0.278. The van der Waals surface area contributed by atoms with Crippen LogP contribution in [0.15, 0.2) is 40.9 Å². The van der Waals surface area contributed by atoms with Gasteiger partial charge in [-0.05, 0) is 43.0 Å². The number of carbonyl (C=O) groups is 1. The molecule has 2 heterocycles. The van der Waals surface area contributed by atoms with Crippen LogP contribution in [0.4, 0.5) is 5.69 Å². The topological polar surface area (TPSA) is 59.8 Å². The molecule has 0 spiro atoms. The van der Waals surface area contributed by atoms with Crippen molar-refractivity contribution in [2.75, 3.05) is 5.32 Å². The van der Waals surface area contributed by atoms with E-state index >= 15 is 0 Å². The van der Waals surface area contributed by atoms with Gasteiger partial charge >= 0.3 is 0 Å². The SMILES string of the molecule is Cc1c(Cl)cccc1NC(=O)[C@@H](C)Sc1nnc(Cc2cccs2)n1C. The van der Waals surface area contributed by atoms with Crippen molar-refractivity contribution in [2.45, 2.75) is 30.7 Å². The van der Waals surface area contributed by atoms with E-state index in [-0.39, 0.29) is 11.2 Å². The smallest absolute Gasteiger partial charge is 0.237 e. The van der Waals surface area contributed by atoms with Gasteiger partial charge in [-0.15, -0.1) is 21.5 Å². The molecular formula is C18H19ClN4OS2. The molecule has 8 heteroatoms. The summed E-state index contributed by atoms with van der Waals surface area (Å²) in [6.07, 6.45) is 0.740. The number of rotatable bonds is 6.